The minimum Gasteiger partial charge on any atom is -0.444 e. The third kappa shape index (κ3) is 3.86. The second-order valence-corrected chi connectivity index (χ2v) is 7.35. The van der Waals surface area contributed by atoms with Crippen LogP contribution in [-0.2, 0) is 4.74 Å². The predicted octanol–water partition coefficient (Wildman–Crippen LogP) is 3.31. The van der Waals surface area contributed by atoms with Crippen molar-refractivity contribution in [2.45, 2.75) is 76.9 Å². The number of hydrogen-bond donors (Lipinski definition) is 1. The Morgan fingerprint density at radius 1 is 1.32 bits per heavy atom. The fourth-order valence-electron chi connectivity index (χ4n) is 3.38. The van der Waals surface area contributed by atoms with Crippen molar-refractivity contribution in [2.75, 3.05) is 6.54 Å². The van der Waals surface area contributed by atoms with E-state index in [1.165, 1.54) is 0 Å². The number of halogens is 3. The highest BCUT2D eigenvalue weighted by molar-refractivity contribution is 5.70. The number of fused-ring (bicyclic) bond motifs is 2. The number of carbonyl (C=O) groups is 1. The Kier molecular flexibility index (Phi) is 4.66. The molecule has 4 unspecified atom stereocenters. The van der Waals surface area contributed by atoms with Crippen LogP contribution in [0.15, 0.2) is 0 Å². The molecule has 2 heterocycles. The van der Waals surface area contributed by atoms with Crippen LogP contribution in [0.3, 0.4) is 0 Å². The van der Waals surface area contributed by atoms with Gasteiger partial charge >= 0.3 is 12.3 Å². The minimum atomic E-state index is -4.23. The van der Waals surface area contributed by atoms with Crippen molar-refractivity contribution in [3.8, 4) is 0 Å². The van der Waals surface area contributed by atoms with E-state index in [0.29, 0.717) is 0 Å². The van der Waals surface area contributed by atoms with E-state index < -0.39 is 17.8 Å². The van der Waals surface area contributed by atoms with Crippen molar-refractivity contribution in [3.63, 3.8) is 0 Å². The molecule has 4 atom stereocenters. The van der Waals surface area contributed by atoms with Crippen LogP contribution >= 0.6 is 0 Å². The molecule has 1 amide bonds. The molecule has 2 fully saturated rings. The molecule has 0 aromatic heterocycles. The second kappa shape index (κ2) is 5.91. The lowest BCUT2D eigenvalue weighted by atomic mass is 9.89. The maximum atomic E-state index is 12.6. The maximum Gasteiger partial charge on any atom is 0.410 e. The number of nitrogens with zero attached hydrogens (tertiary/aromatic N) is 1. The molecule has 2 saturated heterocycles. The third-order valence-corrected chi connectivity index (χ3v) is 4.45. The van der Waals surface area contributed by atoms with Gasteiger partial charge in [-0.25, -0.2) is 4.79 Å². The number of amides is 1. The number of hydrogen-bond acceptors (Lipinski definition) is 3. The van der Waals surface area contributed by atoms with E-state index in [2.05, 4.69) is 5.32 Å². The molecule has 22 heavy (non-hydrogen) atoms. The molecule has 128 valence electrons. The van der Waals surface area contributed by atoms with Gasteiger partial charge in [0, 0.05) is 18.6 Å². The zero-order valence-electron chi connectivity index (χ0n) is 13.5. The van der Waals surface area contributed by atoms with E-state index in [0.717, 1.165) is 26.2 Å². The van der Waals surface area contributed by atoms with Gasteiger partial charge in [0.05, 0.1) is 0 Å². The average Bonchev–Trinajstić information content (AvgIpc) is 2.89. The standard InChI is InChI=1S/C15H25F3N2O2/c1-9(15(16,17)18)19-8-10-7-11-5-6-12(10)20(11)13(21)22-14(2,3)4/h9-12,19H,5-8H2,1-4H3. The van der Waals surface area contributed by atoms with Crippen LogP contribution in [0.25, 0.3) is 0 Å². The first kappa shape index (κ1) is 17.4. The molecule has 0 radical (unpaired) electrons. The largest absolute Gasteiger partial charge is 0.444 e. The predicted molar refractivity (Wildman–Crippen MR) is 76.5 cm³/mol. The van der Waals surface area contributed by atoms with Gasteiger partial charge < -0.3 is 15.0 Å². The highest BCUT2D eigenvalue weighted by atomic mass is 19.4. The molecule has 0 saturated carbocycles. The van der Waals surface area contributed by atoms with E-state index >= 15 is 0 Å². The van der Waals surface area contributed by atoms with Crippen molar-refractivity contribution >= 4 is 6.09 Å². The first-order valence-electron chi connectivity index (χ1n) is 7.80. The number of ether oxygens (including phenoxy) is 1. The lowest BCUT2D eigenvalue weighted by molar-refractivity contribution is -0.152. The molecule has 0 aliphatic carbocycles. The minimum absolute atomic E-state index is 0.00668. The van der Waals surface area contributed by atoms with Crippen molar-refractivity contribution in [2.24, 2.45) is 5.92 Å². The highest BCUT2D eigenvalue weighted by Crippen LogP contribution is 2.42. The molecule has 2 bridgehead atoms. The Bertz CT molecular complexity index is 420. The summed E-state index contributed by atoms with van der Waals surface area (Å²) in [6.07, 6.45) is -2.07. The summed E-state index contributed by atoms with van der Waals surface area (Å²) < 4.78 is 43.1. The van der Waals surface area contributed by atoms with Gasteiger partial charge in [0.25, 0.3) is 0 Å². The lowest BCUT2D eigenvalue weighted by Gasteiger charge is -2.29. The Morgan fingerprint density at radius 2 is 1.95 bits per heavy atom. The summed E-state index contributed by atoms with van der Waals surface area (Å²) in [5.41, 5.74) is -0.558. The quantitative estimate of drug-likeness (QED) is 0.867. The first-order valence-corrected chi connectivity index (χ1v) is 7.80. The fourth-order valence-corrected chi connectivity index (χ4v) is 3.38. The molecule has 0 spiro atoms. The van der Waals surface area contributed by atoms with Crippen LogP contribution in [0.1, 0.15) is 47.0 Å². The van der Waals surface area contributed by atoms with Gasteiger partial charge in [0.1, 0.15) is 11.6 Å². The summed E-state index contributed by atoms with van der Waals surface area (Å²) in [4.78, 5) is 14.0. The summed E-state index contributed by atoms with van der Waals surface area (Å²) in [6.45, 7) is 6.84. The summed E-state index contributed by atoms with van der Waals surface area (Å²) in [5.74, 6) is 0.0658. The van der Waals surface area contributed by atoms with Crippen LogP contribution in [0.2, 0.25) is 0 Å². The smallest absolute Gasteiger partial charge is 0.410 e. The van der Waals surface area contributed by atoms with Gasteiger partial charge in [0.15, 0.2) is 0 Å². The van der Waals surface area contributed by atoms with Crippen LogP contribution in [0, 0.1) is 5.92 Å². The summed E-state index contributed by atoms with van der Waals surface area (Å²) in [6, 6.07) is -1.43. The average molecular weight is 322 g/mol. The van der Waals surface area contributed by atoms with Gasteiger partial charge in [-0.15, -0.1) is 0 Å². The van der Waals surface area contributed by atoms with Crippen molar-refractivity contribution in [1.82, 2.24) is 10.2 Å². The highest BCUT2D eigenvalue weighted by Gasteiger charge is 2.50. The van der Waals surface area contributed by atoms with Gasteiger partial charge in [-0.05, 0) is 52.9 Å². The topological polar surface area (TPSA) is 41.6 Å². The van der Waals surface area contributed by atoms with Crippen molar-refractivity contribution in [3.05, 3.63) is 0 Å². The van der Waals surface area contributed by atoms with E-state index in [9.17, 15) is 18.0 Å². The third-order valence-electron chi connectivity index (χ3n) is 4.45. The molecule has 4 nitrogen and oxygen atoms in total. The Hall–Kier alpha value is -0.980. The number of rotatable bonds is 3. The van der Waals surface area contributed by atoms with Gasteiger partial charge in [0.2, 0.25) is 0 Å². The molecular formula is C15H25F3N2O2. The SMILES string of the molecule is CC(NCC1CC2CCC1N2C(=O)OC(C)(C)C)C(F)(F)F. The van der Waals surface area contributed by atoms with Crippen LogP contribution < -0.4 is 5.32 Å². The summed E-state index contributed by atoms with van der Waals surface area (Å²) >= 11 is 0. The molecule has 0 aromatic carbocycles. The van der Waals surface area contributed by atoms with Crippen molar-refractivity contribution in [1.29, 1.82) is 0 Å². The molecule has 2 rings (SSSR count). The second-order valence-electron chi connectivity index (χ2n) is 7.35. The molecular weight excluding hydrogens is 297 g/mol. The van der Waals surface area contributed by atoms with Crippen LogP contribution in [-0.4, -0.2) is 47.4 Å². The fraction of sp³-hybridized carbons (Fsp3) is 0.933. The number of nitrogens with one attached hydrogen (secondary N) is 1. The van der Waals surface area contributed by atoms with Crippen molar-refractivity contribution < 1.29 is 22.7 Å². The van der Waals surface area contributed by atoms with E-state index in [1.54, 1.807) is 4.90 Å². The van der Waals surface area contributed by atoms with E-state index in [1.807, 2.05) is 20.8 Å². The van der Waals surface area contributed by atoms with E-state index in [4.69, 9.17) is 4.74 Å². The molecule has 2 aliphatic heterocycles. The maximum absolute atomic E-state index is 12.6. The Morgan fingerprint density at radius 3 is 2.50 bits per heavy atom. The Balaban J connectivity index is 1.92. The Labute approximate surface area is 129 Å². The van der Waals surface area contributed by atoms with Crippen LogP contribution in [0.5, 0.6) is 0 Å². The number of carbonyl (C=O) groups excluding carboxylic acids is 1. The molecule has 1 N–H and O–H groups in total. The van der Waals surface area contributed by atoms with Gasteiger partial charge in [-0.2, -0.15) is 13.2 Å². The number of alkyl halides is 3. The molecule has 7 heteroatoms. The zero-order valence-corrected chi connectivity index (χ0v) is 13.5. The normalized spacial score (nSPS) is 29.8. The van der Waals surface area contributed by atoms with Crippen LogP contribution in [0.4, 0.5) is 18.0 Å². The summed E-state index contributed by atoms with van der Waals surface area (Å²) in [5, 5.41) is 2.55. The van der Waals surface area contributed by atoms with E-state index in [-0.39, 0.29) is 30.6 Å². The zero-order chi connectivity index (χ0) is 16.7. The van der Waals surface area contributed by atoms with Gasteiger partial charge in [-0.3, -0.25) is 0 Å². The summed E-state index contributed by atoms with van der Waals surface area (Å²) in [7, 11) is 0. The molecule has 0 aromatic rings. The molecule has 2 aliphatic rings. The monoisotopic (exact) mass is 322 g/mol. The van der Waals surface area contributed by atoms with Gasteiger partial charge in [-0.1, -0.05) is 0 Å². The first-order chi connectivity index (χ1) is 9.99. The lowest BCUT2D eigenvalue weighted by Crippen LogP contribution is -2.45.